The fourth-order valence-corrected chi connectivity index (χ4v) is 3.99. The smallest absolute Gasteiger partial charge is 0.255 e. The summed E-state index contributed by atoms with van der Waals surface area (Å²) in [5.41, 5.74) is 5.98. The molecule has 0 aliphatic carbocycles. The van der Waals surface area contributed by atoms with Gasteiger partial charge in [-0.15, -0.1) is 0 Å². The number of hydrogen-bond acceptors (Lipinski definition) is 5. The second-order valence-corrected chi connectivity index (χ2v) is 8.52. The Labute approximate surface area is 216 Å². The molecule has 2 aromatic heterocycles. The molecular weight excluding hydrogens is 460 g/mol. The largest absolute Gasteiger partial charge is 0.438 e. The lowest BCUT2D eigenvalue weighted by Gasteiger charge is -2.14. The first kappa shape index (κ1) is 23.8. The zero-order chi connectivity index (χ0) is 25.6. The number of aromatic nitrogens is 2. The molecule has 0 aliphatic rings. The minimum absolute atomic E-state index is 0.218. The molecule has 182 valence electrons. The number of benzene rings is 3. The fraction of sp³-hybridized carbons (Fsp3) is 0.0645. The van der Waals surface area contributed by atoms with Crippen molar-refractivity contribution in [2.75, 3.05) is 17.7 Å². The maximum Gasteiger partial charge on any atom is 0.255 e. The number of anilines is 2. The second kappa shape index (κ2) is 10.7. The predicted molar refractivity (Wildman–Crippen MR) is 148 cm³/mol. The molecule has 0 saturated carbocycles. The van der Waals surface area contributed by atoms with Crippen LogP contribution in [0.5, 0.6) is 11.6 Å². The van der Waals surface area contributed by atoms with Gasteiger partial charge in [-0.25, -0.2) is 9.97 Å². The first-order valence-electron chi connectivity index (χ1n) is 12.0. The molecule has 2 heterocycles. The number of hydrogen-bond donors (Lipinski definition) is 2. The second-order valence-electron chi connectivity index (χ2n) is 8.52. The van der Waals surface area contributed by atoms with Gasteiger partial charge in [0.25, 0.3) is 5.91 Å². The zero-order valence-corrected chi connectivity index (χ0v) is 20.6. The molecule has 1 amide bonds. The van der Waals surface area contributed by atoms with Crippen molar-refractivity contribution in [3.05, 3.63) is 121 Å². The van der Waals surface area contributed by atoms with Gasteiger partial charge in [-0.2, -0.15) is 0 Å². The number of nitrogens with one attached hydrogen (secondary N) is 2. The Balaban J connectivity index is 1.39. The highest BCUT2D eigenvalue weighted by Gasteiger charge is 2.14. The first-order chi connectivity index (χ1) is 18.1. The average molecular weight is 487 g/mol. The maximum atomic E-state index is 13.1. The monoisotopic (exact) mass is 486 g/mol. The van der Waals surface area contributed by atoms with E-state index in [9.17, 15) is 4.79 Å². The van der Waals surface area contributed by atoms with E-state index in [2.05, 4.69) is 20.6 Å². The first-order valence-corrected chi connectivity index (χ1v) is 12.0. The lowest BCUT2D eigenvalue weighted by molar-refractivity contribution is 0.102. The Morgan fingerprint density at radius 2 is 1.59 bits per heavy atom. The Hall–Kier alpha value is -4.97. The third-order valence-electron chi connectivity index (χ3n) is 5.98. The molecule has 0 unspecified atom stereocenters. The summed E-state index contributed by atoms with van der Waals surface area (Å²) in [6.07, 6.45) is 3.42. The zero-order valence-electron chi connectivity index (χ0n) is 20.6. The van der Waals surface area contributed by atoms with E-state index in [1.165, 1.54) is 0 Å². The molecule has 0 atom stereocenters. The summed E-state index contributed by atoms with van der Waals surface area (Å²) in [5.74, 6) is 1.54. The van der Waals surface area contributed by atoms with Gasteiger partial charge in [-0.05, 0) is 77.7 Å². The average Bonchev–Trinajstić information content (AvgIpc) is 2.95. The Morgan fingerprint density at radius 3 is 2.43 bits per heavy atom. The van der Waals surface area contributed by atoms with Crippen molar-refractivity contribution in [3.8, 4) is 33.9 Å². The van der Waals surface area contributed by atoms with E-state index in [4.69, 9.17) is 4.74 Å². The highest BCUT2D eigenvalue weighted by molar-refractivity contribution is 6.04. The molecule has 0 fully saturated rings. The van der Waals surface area contributed by atoms with E-state index < -0.39 is 0 Å². The van der Waals surface area contributed by atoms with Crippen molar-refractivity contribution in [2.24, 2.45) is 0 Å². The van der Waals surface area contributed by atoms with Gasteiger partial charge in [0.05, 0.1) is 0 Å². The van der Waals surface area contributed by atoms with Gasteiger partial charge in [-0.3, -0.25) is 4.79 Å². The predicted octanol–water partition coefficient (Wildman–Crippen LogP) is 7.21. The van der Waals surface area contributed by atoms with Crippen molar-refractivity contribution in [3.63, 3.8) is 0 Å². The van der Waals surface area contributed by atoms with E-state index in [0.29, 0.717) is 17.2 Å². The van der Waals surface area contributed by atoms with Crippen molar-refractivity contribution < 1.29 is 9.53 Å². The number of nitrogens with zero attached hydrogens (tertiary/aromatic N) is 2. The Morgan fingerprint density at radius 1 is 0.757 bits per heavy atom. The molecule has 0 saturated heterocycles. The molecule has 37 heavy (non-hydrogen) atoms. The number of rotatable bonds is 7. The van der Waals surface area contributed by atoms with E-state index >= 15 is 0 Å². The van der Waals surface area contributed by atoms with Crippen LogP contribution in [0.25, 0.3) is 22.3 Å². The lowest BCUT2D eigenvalue weighted by atomic mass is 10.1. The minimum Gasteiger partial charge on any atom is -0.438 e. The van der Waals surface area contributed by atoms with Gasteiger partial charge in [0.2, 0.25) is 5.88 Å². The number of ether oxygens (including phenoxy) is 1. The Kier molecular flexibility index (Phi) is 6.90. The molecule has 5 rings (SSSR count). The van der Waals surface area contributed by atoms with Crippen LogP contribution in [-0.2, 0) is 0 Å². The fourth-order valence-electron chi connectivity index (χ4n) is 3.99. The summed E-state index contributed by atoms with van der Waals surface area (Å²) in [5, 5.41) is 6.06. The molecule has 0 bridgehead atoms. The standard InChI is InChI=1S/C31H26N4O2/c1-21-13-14-25(30(36)35-26-11-6-10-23(18-26)22-8-4-3-5-9-22)19-28(21)37-31-27(12-7-16-34-31)24-15-17-33-29(20-24)32-2/h3-20H,1-2H3,(H,32,33)(H,35,36). The van der Waals surface area contributed by atoms with Gasteiger partial charge in [0.15, 0.2) is 0 Å². The molecular formula is C31H26N4O2. The van der Waals surface area contributed by atoms with Gasteiger partial charge in [0, 0.05) is 36.3 Å². The van der Waals surface area contributed by atoms with Crippen molar-refractivity contribution in [1.82, 2.24) is 9.97 Å². The van der Waals surface area contributed by atoms with E-state index in [1.54, 1.807) is 24.5 Å². The minimum atomic E-state index is -0.218. The summed E-state index contributed by atoms with van der Waals surface area (Å²) in [7, 11) is 1.82. The van der Waals surface area contributed by atoms with Crippen LogP contribution in [0, 0.1) is 6.92 Å². The third kappa shape index (κ3) is 5.49. The molecule has 0 spiro atoms. The molecule has 0 radical (unpaired) electrons. The van der Waals surface area contributed by atoms with Crippen LogP contribution in [-0.4, -0.2) is 22.9 Å². The van der Waals surface area contributed by atoms with Crippen LogP contribution in [0.15, 0.2) is 109 Å². The van der Waals surface area contributed by atoms with Crippen LogP contribution in [0.4, 0.5) is 11.5 Å². The Bertz CT molecular complexity index is 1550. The number of carbonyl (C=O) groups excluding carboxylic acids is 1. The van der Waals surface area contributed by atoms with Gasteiger partial charge < -0.3 is 15.4 Å². The van der Waals surface area contributed by atoms with Crippen LogP contribution in [0.2, 0.25) is 0 Å². The van der Waals surface area contributed by atoms with E-state index in [1.807, 2.05) is 98.9 Å². The van der Waals surface area contributed by atoms with Gasteiger partial charge >= 0.3 is 0 Å². The molecule has 2 N–H and O–H groups in total. The van der Waals surface area contributed by atoms with Crippen molar-refractivity contribution >= 4 is 17.4 Å². The highest BCUT2D eigenvalue weighted by Crippen LogP contribution is 2.34. The molecule has 6 nitrogen and oxygen atoms in total. The molecule has 3 aromatic carbocycles. The van der Waals surface area contributed by atoms with E-state index in [0.717, 1.165) is 39.3 Å². The molecule has 6 heteroatoms. The number of carbonyl (C=O) groups is 1. The van der Waals surface area contributed by atoms with E-state index in [-0.39, 0.29) is 5.91 Å². The molecule has 5 aromatic rings. The van der Waals surface area contributed by atoms with Crippen LogP contribution >= 0.6 is 0 Å². The van der Waals surface area contributed by atoms with Crippen LogP contribution in [0.3, 0.4) is 0 Å². The topological polar surface area (TPSA) is 76.1 Å². The summed E-state index contributed by atoms with van der Waals surface area (Å²) >= 11 is 0. The molecule has 0 aliphatic heterocycles. The number of aryl methyl sites for hydroxylation is 1. The SMILES string of the molecule is CNc1cc(-c2cccnc2Oc2cc(C(=O)Nc3cccc(-c4ccccc4)c3)ccc2C)ccn1. The maximum absolute atomic E-state index is 13.1. The lowest BCUT2D eigenvalue weighted by Crippen LogP contribution is -2.12. The van der Waals surface area contributed by atoms with Gasteiger partial charge in [0.1, 0.15) is 11.6 Å². The van der Waals surface area contributed by atoms with Crippen molar-refractivity contribution in [2.45, 2.75) is 6.92 Å². The summed E-state index contributed by atoms with van der Waals surface area (Å²) < 4.78 is 6.25. The summed E-state index contributed by atoms with van der Waals surface area (Å²) in [6, 6.07) is 30.9. The highest BCUT2D eigenvalue weighted by atomic mass is 16.5. The number of amides is 1. The number of pyridine rings is 2. The summed E-state index contributed by atoms with van der Waals surface area (Å²) in [6.45, 7) is 1.94. The normalized spacial score (nSPS) is 10.5. The summed E-state index contributed by atoms with van der Waals surface area (Å²) in [4.78, 5) is 21.9. The quantitative estimate of drug-likeness (QED) is 0.254. The van der Waals surface area contributed by atoms with Gasteiger partial charge in [-0.1, -0.05) is 48.5 Å². The van der Waals surface area contributed by atoms with Crippen LogP contribution in [0.1, 0.15) is 15.9 Å². The van der Waals surface area contributed by atoms with Crippen molar-refractivity contribution in [1.29, 1.82) is 0 Å². The third-order valence-corrected chi connectivity index (χ3v) is 5.98. The van der Waals surface area contributed by atoms with Crippen LogP contribution < -0.4 is 15.4 Å².